The summed E-state index contributed by atoms with van der Waals surface area (Å²) in [5, 5.41) is 4.14. The van der Waals surface area contributed by atoms with Gasteiger partial charge in [0.2, 0.25) is 0 Å². The van der Waals surface area contributed by atoms with Gasteiger partial charge in [-0.25, -0.2) is 0 Å². The maximum atomic E-state index is 5.25. The zero-order chi connectivity index (χ0) is 14.2. The Kier molecular flexibility index (Phi) is 5.26. The molecule has 2 rings (SSSR count). The van der Waals surface area contributed by atoms with E-state index in [0.29, 0.717) is 11.4 Å². The van der Waals surface area contributed by atoms with Crippen molar-refractivity contribution in [2.75, 3.05) is 7.11 Å². The summed E-state index contributed by atoms with van der Waals surface area (Å²) >= 11 is 5.25. The molecule has 0 spiro atoms. The third-order valence-electron chi connectivity index (χ3n) is 2.73. The Balaban J connectivity index is 1.84. The van der Waals surface area contributed by atoms with Crippen LogP contribution in [0, 0.1) is 0 Å². The number of benzene rings is 2. The number of nitrogens with zero attached hydrogens (tertiary/aromatic N) is 1. The molecule has 0 aliphatic heterocycles. The molecule has 3 nitrogen and oxygen atoms in total. The predicted octanol–water partition coefficient (Wildman–Crippen LogP) is 3.19. The van der Waals surface area contributed by atoms with Crippen LogP contribution in [0.4, 0.5) is 0 Å². The predicted molar refractivity (Wildman–Crippen MR) is 86.5 cm³/mol. The second-order valence-electron chi connectivity index (χ2n) is 4.23. The number of hydrazone groups is 1. The van der Waals surface area contributed by atoms with Gasteiger partial charge in [-0.2, -0.15) is 5.10 Å². The summed E-state index contributed by atoms with van der Waals surface area (Å²) in [6, 6.07) is 17.7. The van der Waals surface area contributed by atoms with Crippen LogP contribution in [0.5, 0.6) is 5.75 Å². The zero-order valence-corrected chi connectivity index (χ0v) is 12.1. The maximum Gasteiger partial charge on any atom is 0.118 e. The van der Waals surface area contributed by atoms with Crippen LogP contribution in [0.3, 0.4) is 0 Å². The summed E-state index contributed by atoms with van der Waals surface area (Å²) in [5.41, 5.74) is 5.04. The van der Waals surface area contributed by atoms with Crippen LogP contribution in [0.15, 0.2) is 59.7 Å². The summed E-state index contributed by atoms with van der Waals surface area (Å²) < 4.78 is 5.10. The van der Waals surface area contributed by atoms with E-state index >= 15 is 0 Å². The summed E-state index contributed by atoms with van der Waals surface area (Å²) in [7, 11) is 1.65. The van der Waals surface area contributed by atoms with Crippen molar-refractivity contribution in [3.63, 3.8) is 0 Å². The molecule has 0 saturated carbocycles. The fourth-order valence-corrected chi connectivity index (χ4v) is 1.91. The molecule has 0 bridgehead atoms. The van der Waals surface area contributed by atoms with Crippen LogP contribution in [0.2, 0.25) is 0 Å². The van der Waals surface area contributed by atoms with Gasteiger partial charge in [0.1, 0.15) is 10.7 Å². The molecule has 1 N–H and O–H groups in total. The third kappa shape index (κ3) is 4.48. The highest BCUT2D eigenvalue weighted by molar-refractivity contribution is 7.80. The van der Waals surface area contributed by atoms with Crippen LogP contribution in [0.1, 0.15) is 11.1 Å². The first kappa shape index (κ1) is 14.2. The molecule has 0 heterocycles. The number of hydrogen-bond acceptors (Lipinski definition) is 3. The Morgan fingerprint density at radius 1 is 1.15 bits per heavy atom. The lowest BCUT2D eigenvalue weighted by atomic mass is 10.2. The van der Waals surface area contributed by atoms with Crippen molar-refractivity contribution in [3.8, 4) is 5.75 Å². The van der Waals surface area contributed by atoms with Gasteiger partial charge in [-0.15, -0.1) is 0 Å². The summed E-state index contributed by atoms with van der Waals surface area (Å²) in [5.74, 6) is 0.828. The Hall–Kier alpha value is -2.20. The summed E-state index contributed by atoms with van der Waals surface area (Å²) in [6.07, 6.45) is 2.42. The monoisotopic (exact) mass is 284 g/mol. The van der Waals surface area contributed by atoms with Crippen molar-refractivity contribution in [1.82, 2.24) is 5.43 Å². The van der Waals surface area contributed by atoms with E-state index < -0.39 is 0 Å². The first-order chi connectivity index (χ1) is 9.78. The minimum absolute atomic E-state index is 0.691. The molecule has 0 aromatic heterocycles. The number of ether oxygens (including phenoxy) is 1. The largest absolute Gasteiger partial charge is 0.497 e. The van der Waals surface area contributed by atoms with Gasteiger partial charge in [-0.05, 0) is 35.4 Å². The second-order valence-corrected chi connectivity index (χ2v) is 4.72. The van der Waals surface area contributed by atoms with Crippen molar-refractivity contribution in [2.24, 2.45) is 5.10 Å². The molecule has 0 fully saturated rings. The summed E-state index contributed by atoms with van der Waals surface area (Å²) in [6.45, 7) is 0. The van der Waals surface area contributed by atoms with E-state index in [1.54, 1.807) is 13.3 Å². The molecule has 0 amide bonds. The van der Waals surface area contributed by atoms with Crippen LogP contribution < -0.4 is 10.2 Å². The highest BCUT2D eigenvalue weighted by atomic mass is 32.1. The van der Waals surface area contributed by atoms with Gasteiger partial charge >= 0.3 is 0 Å². The lowest BCUT2D eigenvalue weighted by molar-refractivity contribution is 0.415. The number of thiocarbonyl (C=S) groups is 1. The van der Waals surface area contributed by atoms with Gasteiger partial charge in [0, 0.05) is 6.42 Å². The van der Waals surface area contributed by atoms with Crippen LogP contribution in [0.25, 0.3) is 0 Å². The highest BCUT2D eigenvalue weighted by Crippen LogP contribution is 2.09. The Morgan fingerprint density at radius 2 is 1.85 bits per heavy atom. The molecule has 2 aromatic carbocycles. The third-order valence-corrected chi connectivity index (χ3v) is 2.96. The topological polar surface area (TPSA) is 33.6 Å². The molecule has 0 atom stereocenters. The van der Waals surface area contributed by atoms with E-state index in [1.165, 1.54) is 5.56 Å². The van der Waals surface area contributed by atoms with E-state index in [0.717, 1.165) is 11.3 Å². The van der Waals surface area contributed by atoms with E-state index in [2.05, 4.69) is 10.5 Å². The zero-order valence-electron chi connectivity index (χ0n) is 11.2. The van der Waals surface area contributed by atoms with Gasteiger partial charge in [0.05, 0.1) is 13.3 Å². The van der Waals surface area contributed by atoms with Gasteiger partial charge in [-0.1, -0.05) is 42.5 Å². The highest BCUT2D eigenvalue weighted by Gasteiger charge is 1.96. The van der Waals surface area contributed by atoms with Crippen LogP contribution in [-0.4, -0.2) is 18.3 Å². The molecule has 4 heteroatoms. The van der Waals surface area contributed by atoms with Crippen molar-refractivity contribution in [1.29, 1.82) is 0 Å². The Labute approximate surface area is 124 Å². The molecule has 20 heavy (non-hydrogen) atoms. The van der Waals surface area contributed by atoms with Crippen LogP contribution in [-0.2, 0) is 6.42 Å². The molecule has 2 aromatic rings. The maximum absolute atomic E-state index is 5.25. The molecule has 0 aliphatic carbocycles. The molecule has 0 aliphatic rings. The fourth-order valence-electron chi connectivity index (χ4n) is 1.69. The molecule has 102 valence electrons. The van der Waals surface area contributed by atoms with Crippen molar-refractivity contribution in [3.05, 3.63) is 65.7 Å². The lowest BCUT2D eigenvalue weighted by Crippen LogP contribution is -2.17. The van der Waals surface area contributed by atoms with Crippen LogP contribution >= 0.6 is 12.2 Å². The van der Waals surface area contributed by atoms with E-state index in [9.17, 15) is 0 Å². The van der Waals surface area contributed by atoms with E-state index in [4.69, 9.17) is 17.0 Å². The number of rotatable bonds is 5. The molecule has 0 radical (unpaired) electrons. The van der Waals surface area contributed by atoms with Crippen molar-refractivity contribution < 1.29 is 4.74 Å². The number of hydrogen-bond donors (Lipinski definition) is 1. The van der Waals surface area contributed by atoms with Gasteiger partial charge in [0.25, 0.3) is 0 Å². The molecular formula is C16H16N2OS. The fraction of sp³-hybridized carbons (Fsp3) is 0.125. The van der Waals surface area contributed by atoms with E-state index in [1.807, 2.05) is 54.6 Å². The summed E-state index contributed by atoms with van der Waals surface area (Å²) in [4.78, 5) is 0.695. The first-order valence-electron chi connectivity index (χ1n) is 6.28. The SMILES string of the molecule is COc1ccc(C=NNC(=S)Cc2ccccc2)cc1. The average Bonchev–Trinajstić information content (AvgIpc) is 2.49. The van der Waals surface area contributed by atoms with Crippen molar-refractivity contribution >= 4 is 23.4 Å². The molecule has 0 unspecified atom stereocenters. The first-order valence-corrected chi connectivity index (χ1v) is 6.68. The number of methoxy groups -OCH3 is 1. The lowest BCUT2D eigenvalue weighted by Gasteiger charge is -2.03. The minimum atomic E-state index is 0.691. The van der Waals surface area contributed by atoms with E-state index in [-0.39, 0.29) is 0 Å². The van der Waals surface area contributed by atoms with Gasteiger partial charge < -0.3 is 4.74 Å². The Morgan fingerprint density at radius 3 is 2.50 bits per heavy atom. The second kappa shape index (κ2) is 7.40. The normalized spacial score (nSPS) is 10.4. The minimum Gasteiger partial charge on any atom is -0.497 e. The standard InChI is InChI=1S/C16H16N2OS/c1-19-15-9-7-14(8-10-15)12-17-18-16(20)11-13-5-3-2-4-6-13/h2-10,12H,11H2,1H3,(H,18,20). The molecule has 0 saturated heterocycles. The smallest absolute Gasteiger partial charge is 0.118 e. The van der Waals surface area contributed by atoms with Crippen molar-refractivity contribution in [2.45, 2.75) is 6.42 Å². The number of nitrogens with one attached hydrogen (secondary N) is 1. The molecular weight excluding hydrogens is 268 g/mol. The quantitative estimate of drug-likeness (QED) is 0.520. The Bertz CT molecular complexity index is 579. The van der Waals surface area contributed by atoms with Gasteiger partial charge in [0.15, 0.2) is 0 Å². The van der Waals surface area contributed by atoms with Gasteiger partial charge in [-0.3, -0.25) is 5.43 Å². The average molecular weight is 284 g/mol.